The van der Waals surface area contributed by atoms with Gasteiger partial charge in [0.2, 0.25) is 0 Å². The van der Waals surface area contributed by atoms with Crippen molar-refractivity contribution in [1.29, 1.82) is 0 Å². The number of hydrogen-bond acceptors (Lipinski definition) is 4. The van der Waals surface area contributed by atoms with E-state index in [0.29, 0.717) is 28.9 Å². The Kier molecular flexibility index (Phi) is 6.67. The highest BCUT2D eigenvalue weighted by molar-refractivity contribution is 6.42. The van der Waals surface area contributed by atoms with E-state index in [9.17, 15) is 9.90 Å². The van der Waals surface area contributed by atoms with Gasteiger partial charge in [-0.2, -0.15) is 0 Å². The molecule has 1 unspecified atom stereocenters. The number of aliphatic hydroxyl groups is 1. The fourth-order valence-electron chi connectivity index (χ4n) is 2.03. The molecular formula is C18H19Cl2NO4. The first-order chi connectivity index (χ1) is 11.8. The minimum atomic E-state index is -1.79. The van der Waals surface area contributed by atoms with Crippen LogP contribution in [0.2, 0.25) is 10.0 Å². The third-order valence-electron chi connectivity index (χ3n) is 3.57. The van der Waals surface area contributed by atoms with Gasteiger partial charge in [-0.25, -0.2) is 4.79 Å². The van der Waals surface area contributed by atoms with Gasteiger partial charge in [-0.05, 0) is 42.3 Å². The smallest absolute Gasteiger partial charge is 0.336 e. The van der Waals surface area contributed by atoms with E-state index in [1.807, 2.05) is 30.3 Å². The Balaban J connectivity index is 1.83. The van der Waals surface area contributed by atoms with E-state index in [1.54, 1.807) is 12.1 Å². The van der Waals surface area contributed by atoms with Crippen molar-refractivity contribution in [3.63, 3.8) is 0 Å². The Bertz CT molecular complexity index is 732. The Labute approximate surface area is 156 Å². The minimum Gasteiger partial charge on any atom is -0.489 e. The highest BCUT2D eigenvalue weighted by Gasteiger charge is 2.28. The van der Waals surface area contributed by atoms with Crippen LogP contribution in [0.4, 0.5) is 0 Å². The van der Waals surface area contributed by atoms with Crippen LogP contribution in [0.3, 0.4) is 0 Å². The van der Waals surface area contributed by atoms with Crippen LogP contribution < -0.4 is 10.1 Å². The summed E-state index contributed by atoms with van der Waals surface area (Å²) >= 11 is 11.8. The van der Waals surface area contributed by atoms with Gasteiger partial charge in [0, 0.05) is 13.1 Å². The van der Waals surface area contributed by atoms with E-state index in [4.69, 9.17) is 33.0 Å². The second kappa shape index (κ2) is 8.54. The molecule has 5 nitrogen and oxygen atoms in total. The molecule has 0 spiro atoms. The number of nitrogens with one attached hydrogen (secondary N) is 1. The first kappa shape index (κ1) is 19.5. The summed E-state index contributed by atoms with van der Waals surface area (Å²) in [7, 11) is 0. The molecule has 0 bridgehead atoms. The molecule has 0 amide bonds. The van der Waals surface area contributed by atoms with Crippen molar-refractivity contribution in [2.24, 2.45) is 0 Å². The monoisotopic (exact) mass is 383 g/mol. The van der Waals surface area contributed by atoms with Crippen LogP contribution >= 0.6 is 23.2 Å². The molecule has 1 atom stereocenters. The minimum absolute atomic E-state index is 0.0437. The fraction of sp³-hybridized carbons (Fsp3) is 0.278. The molecule has 0 aliphatic carbocycles. The number of benzene rings is 2. The molecule has 0 aliphatic heterocycles. The summed E-state index contributed by atoms with van der Waals surface area (Å²) in [4.78, 5) is 10.8. The van der Waals surface area contributed by atoms with Crippen molar-refractivity contribution in [1.82, 2.24) is 5.32 Å². The topological polar surface area (TPSA) is 78.8 Å². The first-order valence-corrected chi connectivity index (χ1v) is 8.36. The van der Waals surface area contributed by atoms with Gasteiger partial charge < -0.3 is 20.3 Å². The SMILES string of the molecule is CC(O)(CNCc1ccc(OCc2ccc(Cl)c(Cl)c2)cc1)C(=O)O. The lowest BCUT2D eigenvalue weighted by Crippen LogP contribution is -2.44. The Hall–Kier alpha value is -1.79. The quantitative estimate of drug-likeness (QED) is 0.649. The highest BCUT2D eigenvalue weighted by atomic mass is 35.5. The van der Waals surface area contributed by atoms with Crippen LogP contribution in [0.5, 0.6) is 5.75 Å². The lowest BCUT2D eigenvalue weighted by atomic mass is 10.1. The summed E-state index contributed by atoms with van der Waals surface area (Å²) in [5.41, 5.74) is 0.0715. The molecule has 25 heavy (non-hydrogen) atoms. The molecule has 2 aromatic carbocycles. The molecular weight excluding hydrogens is 365 g/mol. The number of hydrogen-bond donors (Lipinski definition) is 3. The van der Waals surface area contributed by atoms with Crippen LogP contribution in [0.15, 0.2) is 42.5 Å². The summed E-state index contributed by atoms with van der Waals surface area (Å²) in [5.74, 6) is -0.557. The molecule has 0 saturated carbocycles. The molecule has 0 saturated heterocycles. The predicted octanol–water partition coefficient (Wildman–Crippen LogP) is 3.50. The summed E-state index contributed by atoms with van der Waals surface area (Å²) in [6.45, 7) is 2.02. The summed E-state index contributed by atoms with van der Waals surface area (Å²) < 4.78 is 5.69. The van der Waals surface area contributed by atoms with Gasteiger partial charge in [0.25, 0.3) is 0 Å². The Morgan fingerprint density at radius 3 is 2.36 bits per heavy atom. The van der Waals surface area contributed by atoms with E-state index in [2.05, 4.69) is 5.32 Å². The number of rotatable bonds is 8. The molecule has 0 aliphatic rings. The van der Waals surface area contributed by atoms with E-state index >= 15 is 0 Å². The van der Waals surface area contributed by atoms with Gasteiger partial charge in [0.1, 0.15) is 12.4 Å². The maximum absolute atomic E-state index is 10.8. The largest absolute Gasteiger partial charge is 0.489 e. The predicted molar refractivity (Wildman–Crippen MR) is 97.2 cm³/mol. The molecule has 0 heterocycles. The summed E-state index contributed by atoms with van der Waals surface area (Å²) in [6, 6.07) is 12.7. The number of aliphatic carboxylic acids is 1. The molecule has 2 aromatic rings. The van der Waals surface area contributed by atoms with Gasteiger partial charge in [0.05, 0.1) is 10.0 Å². The van der Waals surface area contributed by atoms with E-state index in [0.717, 1.165) is 11.1 Å². The van der Waals surface area contributed by atoms with Crippen LogP contribution in [-0.4, -0.2) is 28.3 Å². The van der Waals surface area contributed by atoms with E-state index < -0.39 is 11.6 Å². The lowest BCUT2D eigenvalue weighted by molar-refractivity contribution is -0.156. The molecule has 3 N–H and O–H groups in total. The molecule has 0 radical (unpaired) electrons. The van der Waals surface area contributed by atoms with Gasteiger partial charge in [-0.15, -0.1) is 0 Å². The molecule has 0 aromatic heterocycles. The number of carboxylic acids is 1. The number of halogens is 2. The molecule has 7 heteroatoms. The van der Waals surface area contributed by atoms with Gasteiger partial charge >= 0.3 is 5.97 Å². The Morgan fingerprint density at radius 1 is 1.12 bits per heavy atom. The molecule has 2 rings (SSSR count). The lowest BCUT2D eigenvalue weighted by Gasteiger charge is -2.18. The second-order valence-electron chi connectivity index (χ2n) is 5.86. The van der Waals surface area contributed by atoms with Crippen molar-refractivity contribution in [2.75, 3.05) is 6.54 Å². The van der Waals surface area contributed by atoms with Crippen molar-refractivity contribution in [3.05, 3.63) is 63.6 Å². The zero-order valence-electron chi connectivity index (χ0n) is 13.6. The average molecular weight is 384 g/mol. The summed E-state index contributed by atoms with van der Waals surface area (Å²) in [6.07, 6.45) is 0. The van der Waals surface area contributed by atoms with Crippen molar-refractivity contribution >= 4 is 29.2 Å². The average Bonchev–Trinajstić information content (AvgIpc) is 2.57. The number of carbonyl (C=O) groups is 1. The maximum atomic E-state index is 10.8. The van der Waals surface area contributed by atoms with Crippen molar-refractivity contribution < 1.29 is 19.7 Å². The molecule has 134 valence electrons. The normalized spacial score (nSPS) is 13.3. The zero-order valence-corrected chi connectivity index (χ0v) is 15.1. The van der Waals surface area contributed by atoms with Crippen LogP contribution in [0.1, 0.15) is 18.1 Å². The standard InChI is InChI=1S/C18H19Cl2NO4/c1-18(24,17(22)23)11-21-9-12-2-5-14(6-3-12)25-10-13-4-7-15(19)16(20)8-13/h2-8,21,24H,9-11H2,1H3,(H,22,23). The van der Waals surface area contributed by atoms with Gasteiger partial charge in [-0.3, -0.25) is 0 Å². The third-order valence-corrected chi connectivity index (χ3v) is 4.31. The number of ether oxygens (including phenoxy) is 1. The van der Waals surface area contributed by atoms with E-state index in [1.165, 1.54) is 6.92 Å². The van der Waals surface area contributed by atoms with Crippen molar-refractivity contribution in [3.8, 4) is 5.75 Å². The van der Waals surface area contributed by atoms with Crippen molar-refractivity contribution in [2.45, 2.75) is 25.7 Å². The summed E-state index contributed by atoms with van der Waals surface area (Å²) in [5, 5.41) is 22.4. The Morgan fingerprint density at radius 2 is 1.76 bits per heavy atom. The first-order valence-electron chi connectivity index (χ1n) is 7.60. The van der Waals surface area contributed by atoms with Crippen LogP contribution in [0.25, 0.3) is 0 Å². The van der Waals surface area contributed by atoms with Crippen LogP contribution in [0, 0.1) is 0 Å². The highest BCUT2D eigenvalue weighted by Crippen LogP contribution is 2.23. The van der Waals surface area contributed by atoms with Gasteiger partial charge in [0.15, 0.2) is 5.60 Å². The fourth-order valence-corrected chi connectivity index (χ4v) is 2.35. The third kappa shape index (κ3) is 5.90. The molecule has 0 fully saturated rings. The van der Waals surface area contributed by atoms with E-state index in [-0.39, 0.29) is 6.54 Å². The van der Waals surface area contributed by atoms with Crippen LogP contribution in [-0.2, 0) is 17.9 Å². The second-order valence-corrected chi connectivity index (χ2v) is 6.68. The zero-order chi connectivity index (χ0) is 18.4. The van der Waals surface area contributed by atoms with Gasteiger partial charge in [-0.1, -0.05) is 41.4 Å². The number of carboxylic acid groups (broad SMARTS) is 1. The maximum Gasteiger partial charge on any atom is 0.336 e.